The quantitative estimate of drug-likeness (QED) is 0.778. The number of hydrogen-bond donors (Lipinski definition) is 2. The molecule has 0 atom stereocenters. The fourth-order valence-corrected chi connectivity index (χ4v) is 4.82. The fraction of sp³-hybridized carbons (Fsp3) is 1.00. The molecule has 17 heavy (non-hydrogen) atoms. The summed E-state index contributed by atoms with van der Waals surface area (Å²) < 4.78 is 0. The predicted molar refractivity (Wildman–Crippen MR) is 69.7 cm³/mol. The SMILES string of the molecule is CC1(C)CC(C)(C)CC(O)(C2(CO)CCC2)C1. The van der Waals surface area contributed by atoms with E-state index in [-0.39, 0.29) is 22.9 Å². The maximum atomic E-state index is 11.2. The van der Waals surface area contributed by atoms with Crippen LogP contribution in [0, 0.1) is 16.2 Å². The van der Waals surface area contributed by atoms with Crippen molar-refractivity contribution >= 4 is 0 Å². The molecule has 2 fully saturated rings. The van der Waals surface area contributed by atoms with E-state index in [9.17, 15) is 10.2 Å². The van der Waals surface area contributed by atoms with Gasteiger partial charge >= 0.3 is 0 Å². The maximum Gasteiger partial charge on any atom is 0.0735 e. The van der Waals surface area contributed by atoms with Gasteiger partial charge in [-0.3, -0.25) is 0 Å². The topological polar surface area (TPSA) is 40.5 Å². The van der Waals surface area contributed by atoms with Gasteiger partial charge in [-0.2, -0.15) is 0 Å². The highest BCUT2D eigenvalue weighted by Gasteiger charge is 2.59. The van der Waals surface area contributed by atoms with Gasteiger partial charge in [0.25, 0.3) is 0 Å². The molecule has 0 saturated heterocycles. The zero-order chi connectivity index (χ0) is 12.9. The van der Waals surface area contributed by atoms with E-state index < -0.39 is 5.60 Å². The second-order valence-corrected chi connectivity index (χ2v) is 8.18. The standard InChI is InChI=1S/C15H28O2/c1-12(2)8-13(3,4)10-15(17,9-12)14(11-16)6-5-7-14/h16-17H,5-11H2,1-4H3. The van der Waals surface area contributed by atoms with Crippen LogP contribution in [0.25, 0.3) is 0 Å². The van der Waals surface area contributed by atoms with E-state index in [0.29, 0.717) is 0 Å². The van der Waals surface area contributed by atoms with Crippen LogP contribution in [-0.2, 0) is 0 Å². The Kier molecular flexibility index (Phi) is 2.91. The van der Waals surface area contributed by atoms with E-state index in [0.717, 1.165) is 38.5 Å². The van der Waals surface area contributed by atoms with E-state index in [2.05, 4.69) is 27.7 Å². The first-order valence-corrected chi connectivity index (χ1v) is 6.97. The van der Waals surface area contributed by atoms with Crippen LogP contribution in [0.4, 0.5) is 0 Å². The van der Waals surface area contributed by atoms with Crippen LogP contribution in [0.3, 0.4) is 0 Å². The summed E-state index contributed by atoms with van der Waals surface area (Å²) in [5, 5.41) is 20.9. The third-order valence-electron chi connectivity index (χ3n) is 5.10. The van der Waals surface area contributed by atoms with Crippen molar-refractivity contribution in [2.45, 2.75) is 71.8 Å². The lowest BCUT2D eigenvalue weighted by Gasteiger charge is -2.60. The number of aliphatic hydroxyl groups is 2. The maximum absolute atomic E-state index is 11.2. The van der Waals surface area contributed by atoms with Gasteiger partial charge in [-0.05, 0) is 42.9 Å². The van der Waals surface area contributed by atoms with Crippen LogP contribution in [0.5, 0.6) is 0 Å². The van der Waals surface area contributed by atoms with Crippen molar-refractivity contribution in [3.05, 3.63) is 0 Å². The third-order valence-corrected chi connectivity index (χ3v) is 5.10. The van der Waals surface area contributed by atoms with Gasteiger partial charge in [0.05, 0.1) is 12.2 Å². The molecule has 0 aromatic carbocycles. The van der Waals surface area contributed by atoms with Gasteiger partial charge in [0, 0.05) is 5.41 Å². The van der Waals surface area contributed by atoms with Gasteiger partial charge in [0.1, 0.15) is 0 Å². The lowest BCUT2D eigenvalue weighted by Crippen LogP contribution is -2.60. The fourth-order valence-electron chi connectivity index (χ4n) is 4.82. The predicted octanol–water partition coefficient (Wildman–Crippen LogP) is 3.12. The number of aliphatic hydroxyl groups excluding tert-OH is 1. The molecule has 0 aromatic heterocycles. The summed E-state index contributed by atoms with van der Waals surface area (Å²) in [5.74, 6) is 0. The summed E-state index contributed by atoms with van der Waals surface area (Å²) in [6, 6.07) is 0. The molecule has 0 aromatic rings. The summed E-state index contributed by atoms with van der Waals surface area (Å²) in [5.41, 5.74) is -0.518. The molecule has 2 aliphatic rings. The molecule has 0 spiro atoms. The first kappa shape index (κ1) is 13.4. The molecule has 0 amide bonds. The Labute approximate surface area is 105 Å². The van der Waals surface area contributed by atoms with Crippen molar-refractivity contribution < 1.29 is 10.2 Å². The first-order valence-electron chi connectivity index (χ1n) is 6.97. The Morgan fingerprint density at radius 1 is 0.882 bits per heavy atom. The molecular formula is C15H28O2. The Hall–Kier alpha value is -0.0800. The molecule has 2 aliphatic carbocycles. The van der Waals surface area contributed by atoms with E-state index in [4.69, 9.17) is 0 Å². The molecule has 0 radical (unpaired) electrons. The van der Waals surface area contributed by atoms with Crippen molar-refractivity contribution in [3.63, 3.8) is 0 Å². The van der Waals surface area contributed by atoms with Crippen LogP contribution in [0.2, 0.25) is 0 Å². The average Bonchev–Trinajstić information content (AvgIpc) is 1.93. The Balaban J connectivity index is 2.30. The lowest BCUT2D eigenvalue weighted by molar-refractivity contribution is -0.206. The summed E-state index contributed by atoms with van der Waals surface area (Å²) >= 11 is 0. The van der Waals surface area contributed by atoms with E-state index in [1.54, 1.807) is 0 Å². The second-order valence-electron chi connectivity index (χ2n) is 8.18. The highest BCUT2D eigenvalue weighted by molar-refractivity contribution is 5.10. The third kappa shape index (κ3) is 2.15. The Bertz CT molecular complexity index is 279. The molecule has 0 unspecified atom stereocenters. The highest BCUT2D eigenvalue weighted by Crippen LogP contribution is 2.61. The average molecular weight is 240 g/mol. The van der Waals surface area contributed by atoms with Gasteiger partial charge in [0.2, 0.25) is 0 Å². The monoisotopic (exact) mass is 240 g/mol. The number of rotatable bonds is 2. The summed E-state index contributed by atoms with van der Waals surface area (Å²) in [6.45, 7) is 9.16. The van der Waals surface area contributed by atoms with Crippen LogP contribution in [0.1, 0.15) is 66.2 Å². The van der Waals surface area contributed by atoms with E-state index in [1.807, 2.05) is 0 Å². The second kappa shape index (κ2) is 3.71. The van der Waals surface area contributed by atoms with Crippen molar-refractivity contribution in [2.24, 2.45) is 16.2 Å². The number of hydrogen-bond acceptors (Lipinski definition) is 2. The Morgan fingerprint density at radius 3 is 1.65 bits per heavy atom. The van der Waals surface area contributed by atoms with Gasteiger partial charge in [-0.15, -0.1) is 0 Å². The van der Waals surface area contributed by atoms with Crippen LogP contribution in [-0.4, -0.2) is 22.4 Å². The minimum absolute atomic E-state index is 0.148. The van der Waals surface area contributed by atoms with Crippen molar-refractivity contribution in [3.8, 4) is 0 Å². The molecule has 0 heterocycles. The van der Waals surface area contributed by atoms with Crippen LogP contribution in [0.15, 0.2) is 0 Å². The molecule has 2 N–H and O–H groups in total. The molecule has 100 valence electrons. The Morgan fingerprint density at radius 2 is 1.35 bits per heavy atom. The van der Waals surface area contributed by atoms with Crippen LogP contribution >= 0.6 is 0 Å². The van der Waals surface area contributed by atoms with Crippen molar-refractivity contribution in [1.29, 1.82) is 0 Å². The minimum Gasteiger partial charge on any atom is -0.396 e. The highest BCUT2D eigenvalue weighted by atomic mass is 16.3. The smallest absolute Gasteiger partial charge is 0.0735 e. The summed E-state index contributed by atoms with van der Waals surface area (Å²) in [4.78, 5) is 0. The molecule has 2 heteroatoms. The molecule has 2 saturated carbocycles. The van der Waals surface area contributed by atoms with E-state index in [1.165, 1.54) is 0 Å². The molecule has 2 nitrogen and oxygen atoms in total. The van der Waals surface area contributed by atoms with Crippen molar-refractivity contribution in [2.75, 3.05) is 6.61 Å². The largest absolute Gasteiger partial charge is 0.396 e. The molecule has 2 rings (SSSR count). The zero-order valence-corrected chi connectivity index (χ0v) is 11.8. The minimum atomic E-state index is -0.661. The van der Waals surface area contributed by atoms with E-state index >= 15 is 0 Å². The molecular weight excluding hydrogens is 212 g/mol. The lowest BCUT2D eigenvalue weighted by atomic mass is 9.48. The van der Waals surface area contributed by atoms with Crippen LogP contribution < -0.4 is 0 Å². The van der Waals surface area contributed by atoms with Gasteiger partial charge in [-0.25, -0.2) is 0 Å². The first-order chi connectivity index (χ1) is 7.64. The summed E-state index contributed by atoms with van der Waals surface area (Å²) in [6.07, 6.45) is 5.97. The normalized spacial score (nSPS) is 32.8. The molecule has 0 bridgehead atoms. The zero-order valence-electron chi connectivity index (χ0n) is 11.8. The van der Waals surface area contributed by atoms with Crippen molar-refractivity contribution in [1.82, 2.24) is 0 Å². The molecule has 0 aliphatic heterocycles. The van der Waals surface area contributed by atoms with Gasteiger partial charge < -0.3 is 10.2 Å². The summed E-state index contributed by atoms with van der Waals surface area (Å²) in [7, 11) is 0. The van der Waals surface area contributed by atoms with Gasteiger partial charge in [0.15, 0.2) is 0 Å². The van der Waals surface area contributed by atoms with Gasteiger partial charge in [-0.1, -0.05) is 34.1 Å².